The lowest BCUT2D eigenvalue weighted by molar-refractivity contribution is 0.0746. The molecule has 3 aromatic rings. The zero-order chi connectivity index (χ0) is 20.4. The van der Waals surface area contributed by atoms with E-state index in [4.69, 9.17) is 0 Å². The number of para-hydroxylation sites is 1. The fourth-order valence-corrected chi connectivity index (χ4v) is 3.47. The first-order valence-corrected chi connectivity index (χ1v) is 9.48. The van der Waals surface area contributed by atoms with Gasteiger partial charge in [-0.05, 0) is 37.3 Å². The summed E-state index contributed by atoms with van der Waals surface area (Å²) in [4.78, 5) is 27.9. The molecule has 2 heterocycles. The molecular formula is C22H21FN4O2. The fourth-order valence-electron chi connectivity index (χ4n) is 3.47. The van der Waals surface area contributed by atoms with Gasteiger partial charge in [0.2, 0.25) is 0 Å². The van der Waals surface area contributed by atoms with E-state index < -0.39 is 5.82 Å². The van der Waals surface area contributed by atoms with E-state index in [9.17, 15) is 14.0 Å². The van der Waals surface area contributed by atoms with Crippen molar-refractivity contribution in [3.63, 3.8) is 0 Å². The van der Waals surface area contributed by atoms with Crippen LogP contribution in [0.2, 0.25) is 0 Å². The molecule has 1 saturated heterocycles. The molecule has 1 aromatic heterocycles. The highest BCUT2D eigenvalue weighted by atomic mass is 19.1. The van der Waals surface area contributed by atoms with Crippen LogP contribution < -0.4 is 4.90 Å². The SMILES string of the molecule is CC(=O)c1ccc(N2CCN(C(=O)c3cnn(-c4ccccc4)c3)CC2)c(F)c1. The van der Waals surface area contributed by atoms with Gasteiger partial charge in [-0.2, -0.15) is 5.10 Å². The van der Waals surface area contributed by atoms with Crippen molar-refractivity contribution >= 4 is 17.4 Å². The van der Waals surface area contributed by atoms with Crippen molar-refractivity contribution in [1.82, 2.24) is 14.7 Å². The third-order valence-electron chi connectivity index (χ3n) is 5.11. The third-order valence-corrected chi connectivity index (χ3v) is 5.11. The lowest BCUT2D eigenvalue weighted by Gasteiger charge is -2.36. The van der Waals surface area contributed by atoms with Crippen molar-refractivity contribution in [3.05, 3.63) is 77.9 Å². The van der Waals surface area contributed by atoms with E-state index in [1.807, 2.05) is 35.2 Å². The summed E-state index contributed by atoms with van der Waals surface area (Å²) >= 11 is 0. The first-order valence-electron chi connectivity index (χ1n) is 9.48. The molecular weight excluding hydrogens is 371 g/mol. The Balaban J connectivity index is 1.42. The number of halogens is 1. The van der Waals surface area contributed by atoms with Gasteiger partial charge in [-0.3, -0.25) is 9.59 Å². The minimum Gasteiger partial charge on any atom is -0.366 e. The molecule has 1 fully saturated rings. The predicted molar refractivity (Wildman–Crippen MR) is 108 cm³/mol. The van der Waals surface area contributed by atoms with Gasteiger partial charge in [0.1, 0.15) is 5.82 Å². The van der Waals surface area contributed by atoms with Crippen LogP contribution in [0.25, 0.3) is 5.69 Å². The van der Waals surface area contributed by atoms with Crippen LogP contribution in [-0.2, 0) is 0 Å². The predicted octanol–water partition coefficient (Wildman–Crippen LogP) is 3.18. The number of piperazine rings is 1. The van der Waals surface area contributed by atoms with Crippen molar-refractivity contribution in [2.75, 3.05) is 31.1 Å². The van der Waals surface area contributed by atoms with E-state index in [-0.39, 0.29) is 11.7 Å². The summed E-state index contributed by atoms with van der Waals surface area (Å²) in [5.41, 5.74) is 2.23. The summed E-state index contributed by atoms with van der Waals surface area (Å²) in [5.74, 6) is -0.664. The second-order valence-electron chi connectivity index (χ2n) is 7.01. The number of benzene rings is 2. The number of aromatic nitrogens is 2. The highest BCUT2D eigenvalue weighted by Crippen LogP contribution is 2.23. The van der Waals surface area contributed by atoms with Gasteiger partial charge in [0.25, 0.3) is 5.91 Å². The molecule has 7 heteroatoms. The molecule has 0 saturated carbocycles. The molecule has 6 nitrogen and oxygen atoms in total. The summed E-state index contributed by atoms with van der Waals surface area (Å²) in [7, 11) is 0. The Hall–Kier alpha value is -3.48. The van der Waals surface area contributed by atoms with E-state index in [0.29, 0.717) is 43.0 Å². The molecule has 0 bridgehead atoms. The maximum Gasteiger partial charge on any atom is 0.257 e. The van der Waals surface area contributed by atoms with Gasteiger partial charge in [0.15, 0.2) is 5.78 Å². The average Bonchev–Trinajstić information content (AvgIpc) is 3.24. The highest BCUT2D eigenvalue weighted by Gasteiger charge is 2.24. The van der Waals surface area contributed by atoms with Crippen LogP contribution in [0.3, 0.4) is 0 Å². The Morgan fingerprint density at radius 3 is 2.34 bits per heavy atom. The third kappa shape index (κ3) is 3.89. The monoisotopic (exact) mass is 392 g/mol. The molecule has 29 heavy (non-hydrogen) atoms. The van der Waals surface area contributed by atoms with Crippen LogP contribution in [0, 0.1) is 5.82 Å². The molecule has 0 unspecified atom stereocenters. The number of hydrogen-bond acceptors (Lipinski definition) is 4. The van der Waals surface area contributed by atoms with Crippen LogP contribution in [0.4, 0.5) is 10.1 Å². The minimum absolute atomic E-state index is 0.0840. The molecule has 0 atom stereocenters. The van der Waals surface area contributed by atoms with E-state index in [1.54, 1.807) is 34.1 Å². The highest BCUT2D eigenvalue weighted by molar-refractivity contribution is 5.95. The Bertz CT molecular complexity index is 1040. The second-order valence-corrected chi connectivity index (χ2v) is 7.01. The largest absolute Gasteiger partial charge is 0.366 e. The van der Waals surface area contributed by atoms with E-state index in [1.165, 1.54) is 13.0 Å². The number of ketones is 1. The Morgan fingerprint density at radius 2 is 1.69 bits per heavy atom. The topological polar surface area (TPSA) is 58.4 Å². The first kappa shape index (κ1) is 18.9. The number of anilines is 1. The van der Waals surface area contributed by atoms with Crippen LogP contribution >= 0.6 is 0 Å². The van der Waals surface area contributed by atoms with Crippen molar-refractivity contribution in [2.45, 2.75) is 6.92 Å². The fraction of sp³-hybridized carbons (Fsp3) is 0.227. The van der Waals surface area contributed by atoms with Crippen LogP contribution in [0.15, 0.2) is 60.9 Å². The number of carbonyl (C=O) groups excluding carboxylic acids is 2. The molecule has 2 aromatic carbocycles. The molecule has 0 radical (unpaired) electrons. The molecule has 0 aliphatic carbocycles. The lowest BCUT2D eigenvalue weighted by Crippen LogP contribution is -2.49. The maximum absolute atomic E-state index is 14.4. The normalized spacial score (nSPS) is 14.1. The molecule has 1 amide bonds. The van der Waals surface area contributed by atoms with Gasteiger partial charge in [0, 0.05) is 37.9 Å². The second kappa shape index (κ2) is 7.87. The van der Waals surface area contributed by atoms with Crippen molar-refractivity contribution in [3.8, 4) is 5.69 Å². The Labute approximate surface area is 168 Å². The van der Waals surface area contributed by atoms with Gasteiger partial charge < -0.3 is 9.80 Å². The summed E-state index contributed by atoms with van der Waals surface area (Å²) < 4.78 is 16.1. The smallest absolute Gasteiger partial charge is 0.257 e. The van der Waals surface area contributed by atoms with Crippen LogP contribution in [-0.4, -0.2) is 52.5 Å². The van der Waals surface area contributed by atoms with Gasteiger partial charge >= 0.3 is 0 Å². The van der Waals surface area contributed by atoms with Crippen molar-refractivity contribution < 1.29 is 14.0 Å². The molecule has 0 N–H and O–H groups in total. The quantitative estimate of drug-likeness (QED) is 0.640. The number of Topliss-reactive ketones (excluding diaryl/α,β-unsaturated/α-hetero) is 1. The van der Waals surface area contributed by atoms with E-state index in [0.717, 1.165) is 5.69 Å². The molecule has 1 aliphatic heterocycles. The standard InChI is InChI=1S/C22H21FN4O2/c1-16(28)17-7-8-21(20(23)13-17)25-9-11-26(12-10-25)22(29)18-14-24-27(15-18)19-5-3-2-4-6-19/h2-8,13-15H,9-12H2,1H3. The summed E-state index contributed by atoms with van der Waals surface area (Å²) in [6.45, 7) is 3.44. The average molecular weight is 392 g/mol. The molecule has 4 rings (SSSR count). The number of hydrogen-bond donors (Lipinski definition) is 0. The molecule has 0 spiro atoms. The molecule has 148 valence electrons. The first-order chi connectivity index (χ1) is 14.0. The zero-order valence-corrected chi connectivity index (χ0v) is 16.1. The van der Waals surface area contributed by atoms with Crippen LogP contribution in [0.1, 0.15) is 27.6 Å². The lowest BCUT2D eigenvalue weighted by atomic mass is 10.1. The van der Waals surface area contributed by atoms with Gasteiger partial charge in [-0.1, -0.05) is 18.2 Å². The number of rotatable bonds is 4. The van der Waals surface area contributed by atoms with Gasteiger partial charge in [0.05, 0.1) is 23.1 Å². The Kier molecular flexibility index (Phi) is 5.12. The van der Waals surface area contributed by atoms with Crippen molar-refractivity contribution in [2.24, 2.45) is 0 Å². The zero-order valence-electron chi connectivity index (χ0n) is 16.1. The van der Waals surface area contributed by atoms with Gasteiger partial charge in [-0.15, -0.1) is 0 Å². The maximum atomic E-state index is 14.4. The van der Waals surface area contributed by atoms with Crippen LogP contribution in [0.5, 0.6) is 0 Å². The number of amides is 1. The summed E-state index contributed by atoms with van der Waals surface area (Å²) in [6, 6.07) is 14.1. The van der Waals surface area contributed by atoms with Crippen molar-refractivity contribution in [1.29, 1.82) is 0 Å². The summed E-state index contributed by atoms with van der Waals surface area (Å²) in [6.07, 6.45) is 3.30. The van der Waals surface area contributed by atoms with E-state index in [2.05, 4.69) is 5.10 Å². The number of nitrogens with zero attached hydrogens (tertiary/aromatic N) is 4. The summed E-state index contributed by atoms with van der Waals surface area (Å²) in [5, 5.41) is 4.28. The number of carbonyl (C=O) groups is 2. The minimum atomic E-state index is -0.415. The van der Waals surface area contributed by atoms with E-state index >= 15 is 0 Å². The Morgan fingerprint density at radius 1 is 0.966 bits per heavy atom. The molecule has 1 aliphatic rings. The van der Waals surface area contributed by atoms with Gasteiger partial charge in [-0.25, -0.2) is 9.07 Å².